The minimum absolute atomic E-state index is 0.690. The molecule has 1 unspecified atom stereocenters. The Labute approximate surface area is 176 Å². The maximum atomic E-state index is 5.08. The van der Waals surface area contributed by atoms with Crippen LogP contribution in [0.2, 0.25) is 0 Å². The normalized spacial score (nSPS) is 11.5. The number of hydrogen-bond donors (Lipinski definition) is 0. The Morgan fingerprint density at radius 2 is 1.30 bits per heavy atom. The van der Waals surface area contributed by atoms with Crippen LogP contribution in [0.5, 0.6) is 0 Å². The van der Waals surface area contributed by atoms with Gasteiger partial charge in [-0.3, -0.25) is 4.57 Å². The number of nitrogens with zero attached hydrogens (tertiary/aromatic N) is 3. The van der Waals surface area contributed by atoms with E-state index in [1.165, 1.54) is 10.8 Å². The molecular formula is C26H18N3P. The monoisotopic (exact) mass is 403 g/mol. The molecule has 0 radical (unpaired) electrons. The van der Waals surface area contributed by atoms with Gasteiger partial charge in [-0.15, -0.1) is 9.24 Å². The van der Waals surface area contributed by atoms with Crippen LogP contribution in [0, 0.1) is 0 Å². The lowest BCUT2D eigenvalue weighted by Gasteiger charge is -2.11. The standard InChI is InChI=1S/C26H18N3P/c30-18-14-15-24-21(16-18)19-10-5-7-13-23(19)29(24)26-27-22-12-6-4-11-20(22)25(28-26)17-8-2-1-3-9-17/h1-16H,30H2. The molecule has 4 aromatic carbocycles. The van der Waals surface area contributed by atoms with E-state index >= 15 is 0 Å². The Balaban J connectivity index is 1.75. The van der Waals surface area contributed by atoms with Gasteiger partial charge in [0.25, 0.3) is 0 Å². The fourth-order valence-corrected chi connectivity index (χ4v) is 4.45. The van der Waals surface area contributed by atoms with Gasteiger partial charge in [-0.25, -0.2) is 9.97 Å². The lowest BCUT2D eigenvalue weighted by molar-refractivity contribution is 1.01. The molecule has 1 atom stereocenters. The second-order valence-electron chi connectivity index (χ2n) is 7.38. The highest BCUT2D eigenvalue weighted by Gasteiger charge is 2.16. The molecule has 3 nitrogen and oxygen atoms in total. The maximum Gasteiger partial charge on any atom is 0.235 e. The van der Waals surface area contributed by atoms with Crippen LogP contribution in [0.1, 0.15) is 0 Å². The average molecular weight is 403 g/mol. The van der Waals surface area contributed by atoms with Crippen molar-refractivity contribution in [3.8, 4) is 17.2 Å². The molecule has 0 fully saturated rings. The van der Waals surface area contributed by atoms with Crippen molar-refractivity contribution >= 4 is 47.3 Å². The van der Waals surface area contributed by atoms with Gasteiger partial charge in [0.05, 0.1) is 22.2 Å². The average Bonchev–Trinajstić information content (AvgIpc) is 3.12. The maximum absolute atomic E-state index is 5.08. The highest BCUT2D eigenvalue weighted by Crippen LogP contribution is 2.33. The first-order chi connectivity index (χ1) is 14.8. The summed E-state index contributed by atoms with van der Waals surface area (Å²) in [6.45, 7) is 0. The van der Waals surface area contributed by atoms with Crippen molar-refractivity contribution in [2.45, 2.75) is 0 Å². The van der Waals surface area contributed by atoms with E-state index < -0.39 is 0 Å². The first-order valence-corrected chi connectivity index (χ1v) is 10.5. The molecule has 0 amide bonds. The highest BCUT2D eigenvalue weighted by atomic mass is 31.0. The van der Waals surface area contributed by atoms with Crippen LogP contribution in [-0.4, -0.2) is 14.5 Å². The van der Waals surface area contributed by atoms with Crippen LogP contribution in [0.25, 0.3) is 49.9 Å². The molecule has 4 heteroatoms. The second kappa shape index (κ2) is 6.76. The Hall–Kier alpha value is -3.55. The molecule has 0 aliphatic carbocycles. The topological polar surface area (TPSA) is 30.7 Å². The Bertz CT molecular complexity index is 1550. The number of para-hydroxylation sites is 2. The zero-order chi connectivity index (χ0) is 20.1. The molecule has 0 spiro atoms. The summed E-state index contributed by atoms with van der Waals surface area (Å²) in [4.78, 5) is 10.1. The summed E-state index contributed by atoms with van der Waals surface area (Å²) in [7, 11) is 2.79. The number of aromatic nitrogens is 3. The van der Waals surface area contributed by atoms with Crippen molar-refractivity contribution < 1.29 is 0 Å². The summed E-state index contributed by atoms with van der Waals surface area (Å²) in [5.74, 6) is 0.690. The smallest absolute Gasteiger partial charge is 0.235 e. The van der Waals surface area contributed by atoms with Crippen molar-refractivity contribution in [1.82, 2.24) is 14.5 Å². The van der Waals surface area contributed by atoms with E-state index in [0.29, 0.717) is 5.95 Å². The third-order valence-electron chi connectivity index (χ3n) is 5.54. The van der Waals surface area contributed by atoms with Crippen LogP contribution >= 0.6 is 9.24 Å². The van der Waals surface area contributed by atoms with E-state index in [2.05, 4.69) is 80.5 Å². The molecule has 0 saturated heterocycles. The summed E-state index contributed by atoms with van der Waals surface area (Å²) >= 11 is 0. The third kappa shape index (κ3) is 2.63. The Kier molecular flexibility index (Phi) is 3.90. The molecule has 0 N–H and O–H groups in total. The Morgan fingerprint density at radius 3 is 2.17 bits per heavy atom. The summed E-state index contributed by atoms with van der Waals surface area (Å²) in [6.07, 6.45) is 0. The van der Waals surface area contributed by atoms with E-state index in [9.17, 15) is 0 Å². The van der Waals surface area contributed by atoms with E-state index in [-0.39, 0.29) is 0 Å². The zero-order valence-electron chi connectivity index (χ0n) is 16.2. The van der Waals surface area contributed by atoms with Crippen molar-refractivity contribution in [2.75, 3.05) is 0 Å². The largest absolute Gasteiger partial charge is 0.278 e. The molecule has 2 aromatic heterocycles. The second-order valence-corrected chi connectivity index (χ2v) is 8.05. The molecule has 0 aliphatic heterocycles. The summed E-state index contributed by atoms with van der Waals surface area (Å²) in [5.41, 5.74) is 5.19. The van der Waals surface area contributed by atoms with E-state index in [1.54, 1.807) is 0 Å². The van der Waals surface area contributed by atoms with Crippen LogP contribution in [0.3, 0.4) is 0 Å². The van der Waals surface area contributed by atoms with Gasteiger partial charge < -0.3 is 0 Å². The van der Waals surface area contributed by atoms with Crippen molar-refractivity contribution in [3.05, 3.63) is 97.1 Å². The molecule has 0 aliphatic rings. The fourth-order valence-electron chi connectivity index (χ4n) is 4.19. The summed E-state index contributed by atoms with van der Waals surface area (Å²) in [5, 5.41) is 4.63. The van der Waals surface area contributed by atoms with Gasteiger partial charge >= 0.3 is 0 Å². The molecule has 6 rings (SSSR count). The number of hydrogen-bond acceptors (Lipinski definition) is 2. The van der Waals surface area contributed by atoms with Crippen LogP contribution in [0.4, 0.5) is 0 Å². The number of benzene rings is 4. The zero-order valence-corrected chi connectivity index (χ0v) is 17.3. The fraction of sp³-hybridized carbons (Fsp3) is 0. The van der Waals surface area contributed by atoms with Gasteiger partial charge in [-0.1, -0.05) is 72.8 Å². The minimum atomic E-state index is 0.690. The third-order valence-corrected chi connectivity index (χ3v) is 5.89. The van der Waals surface area contributed by atoms with Crippen LogP contribution < -0.4 is 5.30 Å². The molecule has 0 bridgehead atoms. The van der Waals surface area contributed by atoms with Crippen molar-refractivity contribution in [1.29, 1.82) is 0 Å². The summed E-state index contributed by atoms with van der Waals surface area (Å²) in [6, 6.07) is 33.5. The molecule has 0 saturated carbocycles. The summed E-state index contributed by atoms with van der Waals surface area (Å²) < 4.78 is 2.17. The molecule has 142 valence electrons. The van der Waals surface area contributed by atoms with Crippen LogP contribution in [0.15, 0.2) is 97.1 Å². The van der Waals surface area contributed by atoms with Gasteiger partial charge in [0.15, 0.2) is 0 Å². The lowest BCUT2D eigenvalue weighted by Crippen LogP contribution is -2.03. The van der Waals surface area contributed by atoms with Gasteiger partial charge in [0.2, 0.25) is 5.95 Å². The predicted octanol–water partition coefficient (Wildman–Crippen LogP) is 5.89. The Morgan fingerprint density at radius 1 is 0.600 bits per heavy atom. The number of rotatable bonds is 2. The van der Waals surface area contributed by atoms with Crippen molar-refractivity contribution in [3.63, 3.8) is 0 Å². The van der Waals surface area contributed by atoms with Crippen LogP contribution in [-0.2, 0) is 0 Å². The SMILES string of the molecule is Pc1ccc2c(c1)c1ccccc1n2-c1nc(-c2ccccc2)c2ccccc2n1. The first kappa shape index (κ1) is 17.3. The molecule has 6 aromatic rings. The number of fused-ring (bicyclic) bond motifs is 4. The van der Waals surface area contributed by atoms with E-state index in [0.717, 1.165) is 38.5 Å². The first-order valence-electron chi connectivity index (χ1n) is 9.91. The van der Waals surface area contributed by atoms with Gasteiger partial charge in [0, 0.05) is 21.7 Å². The lowest BCUT2D eigenvalue weighted by atomic mass is 10.1. The molecule has 2 heterocycles. The highest BCUT2D eigenvalue weighted by molar-refractivity contribution is 7.27. The van der Waals surface area contributed by atoms with Gasteiger partial charge in [-0.05, 0) is 29.6 Å². The molecular weight excluding hydrogens is 385 g/mol. The van der Waals surface area contributed by atoms with Crippen molar-refractivity contribution in [2.24, 2.45) is 0 Å². The minimum Gasteiger partial charge on any atom is -0.278 e. The van der Waals surface area contributed by atoms with Gasteiger partial charge in [-0.2, -0.15) is 0 Å². The quantitative estimate of drug-likeness (QED) is 0.337. The molecule has 30 heavy (non-hydrogen) atoms. The van der Waals surface area contributed by atoms with E-state index in [1.807, 2.05) is 30.3 Å². The predicted molar refractivity (Wildman–Crippen MR) is 129 cm³/mol. The van der Waals surface area contributed by atoms with E-state index in [4.69, 9.17) is 9.97 Å². The van der Waals surface area contributed by atoms with Gasteiger partial charge in [0.1, 0.15) is 0 Å².